The molecular formula is C27H44O3. The molecule has 30 heavy (non-hydrogen) atoms. The summed E-state index contributed by atoms with van der Waals surface area (Å²) in [7, 11) is 0. The van der Waals surface area contributed by atoms with Gasteiger partial charge in [-0.2, -0.15) is 0 Å². The van der Waals surface area contributed by atoms with Crippen molar-refractivity contribution in [2.45, 2.75) is 116 Å². The van der Waals surface area contributed by atoms with E-state index >= 15 is 0 Å². The first-order valence-corrected chi connectivity index (χ1v) is 13.3. The third-order valence-corrected chi connectivity index (χ3v) is 12.0. The monoisotopic (exact) mass is 416 g/mol. The number of hydrogen-bond acceptors (Lipinski definition) is 3. The summed E-state index contributed by atoms with van der Waals surface area (Å²) in [5.41, 5.74) is 0.139. The first-order chi connectivity index (χ1) is 14.2. The molecular weight excluding hydrogens is 372 g/mol. The fraction of sp³-hybridized carbons (Fsp3) is 1.00. The minimum atomic E-state index is -0.394. The molecule has 0 aromatic heterocycles. The zero-order valence-corrected chi connectivity index (χ0v) is 19.8. The van der Waals surface area contributed by atoms with Crippen LogP contribution < -0.4 is 0 Å². The highest BCUT2D eigenvalue weighted by atomic mass is 16.7. The first-order valence-electron chi connectivity index (χ1n) is 13.3. The summed E-state index contributed by atoms with van der Waals surface area (Å²) in [6, 6.07) is 0. The Morgan fingerprint density at radius 2 is 1.67 bits per heavy atom. The normalized spacial score (nSPS) is 62.5. The molecule has 1 unspecified atom stereocenters. The number of rotatable bonds is 0. The maximum Gasteiger partial charge on any atom is 0.171 e. The topological polar surface area (TPSA) is 38.7 Å². The highest BCUT2D eigenvalue weighted by Crippen LogP contribution is 2.71. The molecule has 0 bridgehead atoms. The number of aliphatic hydroxyl groups is 1. The lowest BCUT2D eigenvalue weighted by atomic mass is 9.43. The molecule has 6 fully saturated rings. The van der Waals surface area contributed by atoms with Crippen LogP contribution in [0.15, 0.2) is 0 Å². The molecule has 1 N–H and O–H groups in total. The number of fused-ring (bicyclic) bond motifs is 7. The van der Waals surface area contributed by atoms with Crippen LogP contribution in [0.1, 0.15) is 98.3 Å². The van der Waals surface area contributed by atoms with E-state index in [1.54, 1.807) is 0 Å². The van der Waals surface area contributed by atoms with E-state index in [9.17, 15) is 5.11 Å². The molecule has 0 aromatic rings. The lowest BCUT2D eigenvalue weighted by molar-refractivity contribution is -0.274. The molecule has 2 heterocycles. The van der Waals surface area contributed by atoms with Crippen LogP contribution in [-0.4, -0.2) is 29.2 Å². The van der Waals surface area contributed by atoms with Gasteiger partial charge in [0.1, 0.15) is 0 Å². The average Bonchev–Trinajstić information content (AvgIpc) is 3.16. The van der Waals surface area contributed by atoms with Gasteiger partial charge in [-0.05, 0) is 91.8 Å². The van der Waals surface area contributed by atoms with E-state index < -0.39 is 5.60 Å². The maximum atomic E-state index is 11.6. The van der Waals surface area contributed by atoms with Crippen LogP contribution in [0.4, 0.5) is 0 Å². The largest absolute Gasteiger partial charge is 0.389 e. The summed E-state index contributed by atoms with van der Waals surface area (Å²) in [6.45, 7) is 10.7. The van der Waals surface area contributed by atoms with Crippen LogP contribution in [0.5, 0.6) is 0 Å². The summed E-state index contributed by atoms with van der Waals surface area (Å²) >= 11 is 0. The zero-order valence-electron chi connectivity index (χ0n) is 19.8. The van der Waals surface area contributed by atoms with Gasteiger partial charge in [-0.1, -0.05) is 40.5 Å². The highest BCUT2D eigenvalue weighted by molar-refractivity contribution is 5.17. The van der Waals surface area contributed by atoms with Gasteiger partial charge in [0.25, 0.3) is 0 Å². The van der Waals surface area contributed by atoms with Crippen molar-refractivity contribution in [3.63, 3.8) is 0 Å². The van der Waals surface area contributed by atoms with Gasteiger partial charge in [0.2, 0.25) is 0 Å². The Labute approximate surface area is 183 Å². The number of ether oxygens (including phenoxy) is 2. The fourth-order valence-electron chi connectivity index (χ4n) is 10.3. The van der Waals surface area contributed by atoms with Crippen LogP contribution in [0.2, 0.25) is 0 Å². The Morgan fingerprint density at radius 1 is 0.867 bits per heavy atom. The second kappa shape index (κ2) is 6.48. The summed E-state index contributed by atoms with van der Waals surface area (Å²) in [4.78, 5) is 0. The van der Waals surface area contributed by atoms with E-state index in [-0.39, 0.29) is 11.2 Å². The Kier molecular flexibility index (Phi) is 4.42. The highest BCUT2D eigenvalue weighted by Gasteiger charge is 2.70. The molecule has 0 radical (unpaired) electrons. The molecule has 6 aliphatic rings. The Bertz CT molecular complexity index is 698. The van der Waals surface area contributed by atoms with E-state index in [1.165, 1.54) is 51.4 Å². The molecule has 11 atom stereocenters. The molecule has 4 aliphatic carbocycles. The van der Waals surface area contributed by atoms with Crippen LogP contribution >= 0.6 is 0 Å². The Balaban J connectivity index is 1.28. The summed E-state index contributed by atoms with van der Waals surface area (Å²) in [6.07, 6.45) is 13.7. The maximum absolute atomic E-state index is 11.6. The third kappa shape index (κ3) is 2.44. The number of hydrogen-bond donors (Lipinski definition) is 1. The lowest BCUT2D eigenvalue weighted by Gasteiger charge is -2.63. The van der Waals surface area contributed by atoms with Gasteiger partial charge < -0.3 is 14.6 Å². The standard InChI is InChI=1S/C27H44O3/c1-17-7-14-27(29-16-17)18(2)23-22(30-27)15-21-19-8-13-26(28)11-6-5-10-25(26,4)20(19)9-12-24(21,23)3/h17-23,28H,5-16H2,1-4H3/t17-,18-,19+,20-,21-,22-,23-,24-,25+,26?,27+/m0/s1. The summed E-state index contributed by atoms with van der Waals surface area (Å²) in [5.74, 6) is 3.81. The molecule has 6 rings (SSSR count). The van der Waals surface area contributed by atoms with Gasteiger partial charge in [-0.3, -0.25) is 0 Å². The minimum Gasteiger partial charge on any atom is -0.389 e. The Morgan fingerprint density at radius 3 is 2.43 bits per heavy atom. The van der Waals surface area contributed by atoms with Crippen molar-refractivity contribution in [2.75, 3.05) is 6.61 Å². The quantitative estimate of drug-likeness (QED) is 0.531. The van der Waals surface area contributed by atoms with Crippen molar-refractivity contribution in [1.29, 1.82) is 0 Å². The van der Waals surface area contributed by atoms with E-state index in [4.69, 9.17) is 9.47 Å². The van der Waals surface area contributed by atoms with E-state index in [0.29, 0.717) is 35.2 Å². The zero-order chi connectivity index (χ0) is 20.9. The van der Waals surface area contributed by atoms with Crippen molar-refractivity contribution < 1.29 is 14.6 Å². The minimum absolute atomic E-state index is 0.142. The van der Waals surface area contributed by atoms with Crippen LogP contribution in [0, 0.1) is 46.3 Å². The summed E-state index contributed by atoms with van der Waals surface area (Å²) in [5, 5.41) is 11.6. The van der Waals surface area contributed by atoms with Gasteiger partial charge >= 0.3 is 0 Å². The molecule has 1 spiro atoms. The van der Waals surface area contributed by atoms with Gasteiger partial charge in [-0.15, -0.1) is 0 Å². The van der Waals surface area contributed by atoms with E-state index in [0.717, 1.165) is 37.7 Å². The van der Waals surface area contributed by atoms with Gasteiger partial charge in [-0.25, -0.2) is 0 Å². The van der Waals surface area contributed by atoms with Crippen LogP contribution in [0.3, 0.4) is 0 Å². The fourth-order valence-corrected chi connectivity index (χ4v) is 10.3. The van der Waals surface area contributed by atoms with Gasteiger partial charge in [0.15, 0.2) is 5.79 Å². The second-order valence-electron chi connectivity index (χ2n) is 13.1. The van der Waals surface area contributed by atoms with Crippen molar-refractivity contribution in [3.05, 3.63) is 0 Å². The predicted molar refractivity (Wildman–Crippen MR) is 118 cm³/mol. The van der Waals surface area contributed by atoms with Crippen LogP contribution in [0.25, 0.3) is 0 Å². The molecule has 3 heteroatoms. The average molecular weight is 417 g/mol. The van der Waals surface area contributed by atoms with E-state index in [1.807, 2.05) is 0 Å². The summed E-state index contributed by atoms with van der Waals surface area (Å²) < 4.78 is 13.4. The lowest BCUT2D eigenvalue weighted by Crippen LogP contribution is -2.61. The van der Waals surface area contributed by atoms with E-state index in [2.05, 4.69) is 27.7 Å². The smallest absolute Gasteiger partial charge is 0.171 e. The van der Waals surface area contributed by atoms with Crippen molar-refractivity contribution in [2.24, 2.45) is 46.3 Å². The molecule has 0 amide bonds. The molecule has 3 nitrogen and oxygen atoms in total. The van der Waals surface area contributed by atoms with Crippen molar-refractivity contribution >= 4 is 0 Å². The first kappa shape index (κ1) is 20.5. The molecule has 4 saturated carbocycles. The third-order valence-electron chi connectivity index (χ3n) is 12.0. The van der Waals surface area contributed by atoms with Gasteiger partial charge in [0, 0.05) is 12.3 Å². The molecule has 2 aliphatic heterocycles. The molecule has 0 aromatic carbocycles. The Hall–Kier alpha value is -0.120. The van der Waals surface area contributed by atoms with Crippen molar-refractivity contribution in [1.82, 2.24) is 0 Å². The SMILES string of the molecule is C[C@H]1CC[C@@]2(OC1)O[C@H]1C[C@H]3[C@@H]4CCC5(O)CCCC[C@]5(C)[C@H]4CC[C@]3(C)[C@H]1[C@@H]2C. The second-order valence-corrected chi connectivity index (χ2v) is 13.1. The van der Waals surface area contributed by atoms with Crippen LogP contribution in [-0.2, 0) is 9.47 Å². The predicted octanol–water partition coefficient (Wildman–Crippen LogP) is 5.94. The molecule has 170 valence electrons. The van der Waals surface area contributed by atoms with Crippen molar-refractivity contribution in [3.8, 4) is 0 Å². The van der Waals surface area contributed by atoms with Gasteiger partial charge in [0.05, 0.1) is 18.3 Å². The molecule has 2 saturated heterocycles.